The van der Waals surface area contributed by atoms with Crippen LogP contribution < -0.4 is 0 Å². The molecule has 1 aromatic heterocycles. The summed E-state index contributed by atoms with van der Waals surface area (Å²) in [5.74, 6) is -0.0566. The van der Waals surface area contributed by atoms with Gasteiger partial charge in [-0.15, -0.1) is 0 Å². The fourth-order valence-corrected chi connectivity index (χ4v) is 2.52. The molecule has 2 aromatic carbocycles. The summed E-state index contributed by atoms with van der Waals surface area (Å²) in [7, 11) is 0. The lowest BCUT2D eigenvalue weighted by Crippen LogP contribution is -2.03. The number of rotatable bonds is 2. The third-order valence-electron chi connectivity index (χ3n) is 3.41. The summed E-state index contributed by atoms with van der Waals surface area (Å²) in [5, 5.41) is 20.1. The van der Waals surface area contributed by atoms with Gasteiger partial charge in [0.05, 0.1) is 11.0 Å². The molecule has 0 saturated heterocycles. The van der Waals surface area contributed by atoms with Crippen LogP contribution in [0, 0.1) is 5.82 Å². The van der Waals surface area contributed by atoms with Crippen molar-refractivity contribution in [2.45, 2.75) is 19.9 Å². The Bertz CT molecular complexity index is 804. The molecule has 0 bridgehead atoms. The Kier molecular flexibility index (Phi) is 3.05. The monoisotopic (exact) mass is 286 g/mol. The minimum absolute atomic E-state index is 0.00851. The molecule has 0 amide bonds. The Morgan fingerprint density at radius 3 is 2.38 bits per heavy atom. The second kappa shape index (κ2) is 4.77. The SMILES string of the molecule is CC(C)n1c(-c2c(O)cccc2O)nc2ccc(F)cc21. The number of hydrogen-bond donors (Lipinski definition) is 2. The van der Waals surface area contributed by atoms with Gasteiger partial charge in [0, 0.05) is 6.04 Å². The standard InChI is InChI=1S/C16H15FN2O2/c1-9(2)19-12-8-10(17)6-7-11(12)18-16(19)15-13(20)4-3-5-14(15)21/h3-9,20-21H,1-2H3. The average Bonchev–Trinajstić information content (AvgIpc) is 2.76. The van der Waals surface area contributed by atoms with E-state index in [1.807, 2.05) is 13.8 Å². The number of phenols is 2. The molecule has 3 aromatic rings. The van der Waals surface area contributed by atoms with Gasteiger partial charge in [-0.1, -0.05) is 6.07 Å². The number of fused-ring (bicyclic) bond motifs is 1. The summed E-state index contributed by atoms with van der Waals surface area (Å²) < 4.78 is 15.3. The zero-order valence-corrected chi connectivity index (χ0v) is 11.7. The Morgan fingerprint density at radius 2 is 1.76 bits per heavy atom. The third kappa shape index (κ3) is 2.11. The van der Waals surface area contributed by atoms with Crippen LogP contribution in [0.15, 0.2) is 36.4 Å². The molecule has 0 aliphatic heterocycles. The number of nitrogens with zero attached hydrogens (tertiary/aromatic N) is 2. The van der Waals surface area contributed by atoms with Crippen molar-refractivity contribution in [3.05, 3.63) is 42.2 Å². The lowest BCUT2D eigenvalue weighted by molar-refractivity contribution is 0.452. The zero-order valence-electron chi connectivity index (χ0n) is 11.7. The Hall–Kier alpha value is -2.56. The van der Waals surface area contributed by atoms with Crippen molar-refractivity contribution in [2.24, 2.45) is 0 Å². The van der Waals surface area contributed by atoms with Gasteiger partial charge in [0.1, 0.15) is 28.7 Å². The summed E-state index contributed by atoms with van der Waals surface area (Å²) in [6, 6.07) is 8.85. The molecule has 2 N–H and O–H groups in total. The van der Waals surface area contributed by atoms with Crippen molar-refractivity contribution < 1.29 is 14.6 Å². The van der Waals surface area contributed by atoms with Crippen LogP contribution in [0.2, 0.25) is 0 Å². The minimum atomic E-state index is -0.350. The fraction of sp³-hybridized carbons (Fsp3) is 0.188. The highest BCUT2D eigenvalue weighted by atomic mass is 19.1. The van der Waals surface area contributed by atoms with Crippen molar-refractivity contribution in [3.8, 4) is 22.9 Å². The minimum Gasteiger partial charge on any atom is -0.507 e. The topological polar surface area (TPSA) is 58.3 Å². The van der Waals surface area contributed by atoms with Crippen LogP contribution in [0.5, 0.6) is 11.5 Å². The first-order chi connectivity index (χ1) is 9.99. The molecule has 108 valence electrons. The molecular formula is C16H15FN2O2. The van der Waals surface area contributed by atoms with Crippen molar-refractivity contribution in [2.75, 3.05) is 0 Å². The van der Waals surface area contributed by atoms with Crippen LogP contribution in [-0.4, -0.2) is 19.8 Å². The first kappa shape index (κ1) is 13.4. The van der Waals surface area contributed by atoms with E-state index in [1.165, 1.54) is 24.3 Å². The third-order valence-corrected chi connectivity index (χ3v) is 3.41. The first-order valence-corrected chi connectivity index (χ1v) is 6.68. The van der Waals surface area contributed by atoms with Crippen LogP contribution in [-0.2, 0) is 0 Å². The summed E-state index contributed by atoms with van der Waals surface area (Å²) in [5.41, 5.74) is 1.49. The van der Waals surface area contributed by atoms with Crippen molar-refractivity contribution in [3.63, 3.8) is 0 Å². The number of benzene rings is 2. The lowest BCUT2D eigenvalue weighted by atomic mass is 10.1. The predicted molar refractivity (Wildman–Crippen MR) is 78.8 cm³/mol. The highest BCUT2D eigenvalue weighted by Crippen LogP contribution is 2.39. The van der Waals surface area contributed by atoms with Gasteiger partial charge in [-0.05, 0) is 44.2 Å². The number of hydrogen-bond acceptors (Lipinski definition) is 3. The number of phenolic OH excluding ortho intramolecular Hbond substituents is 2. The highest BCUT2D eigenvalue weighted by molar-refractivity contribution is 5.84. The molecule has 0 saturated carbocycles. The maximum absolute atomic E-state index is 13.5. The van der Waals surface area contributed by atoms with Crippen LogP contribution in [0.3, 0.4) is 0 Å². The molecule has 0 aliphatic rings. The van der Waals surface area contributed by atoms with Gasteiger partial charge in [-0.2, -0.15) is 0 Å². The van der Waals surface area contributed by atoms with Gasteiger partial charge < -0.3 is 14.8 Å². The summed E-state index contributed by atoms with van der Waals surface area (Å²) in [6.45, 7) is 3.87. The van der Waals surface area contributed by atoms with Crippen LogP contribution in [0.25, 0.3) is 22.4 Å². The van der Waals surface area contributed by atoms with Crippen molar-refractivity contribution in [1.82, 2.24) is 9.55 Å². The molecule has 3 rings (SSSR count). The van der Waals surface area contributed by atoms with Gasteiger partial charge in [0.2, 0.25) is 0 Å². The Morgan fingerprint density at radius 1 is 1.10 bits per heavy atom. The van der Waals surface area contributed by atoms with E-state index in [9.17, 15) is 14.6 Å². The quantitative estimate of drug-likeness (QED) is 0.752. The summed E-state index contributed by atoms with van der Waals surface area (Å²) >= 11 is 0. The van der Waals surface area contributed by atoms with E-state index in [0.717, 1.165) is 0 Å². The van der Waals surface area contributed by atoms with E-state index in [0.29, 0.717) is 16.9 Å². The first-order valence-electron chi connectivity index (χ1n) is 6.68. The Balaban J connectivity index is 2.40. The molecule has 0 atom stereocenters. The lowest BCUT2D eigenvalue weighted by Gasteiger charge is -2.14. The Labute approximate surface area is 121 Å². The summed E-state index contributed by atoms with van der Waals surface area (Å²) in [4.78, 5) is 4.44. The molecule has 0 fully saturated rings. The van der Waals surface area contributed by atoms with E-state index in [-0.39, 0.29) is 28.9 Å². The molecule has 0 spiro atoms. The van der Waals surface area contributed by atoms with Gasteiger partial charge in [0.25, 0.3) is 0 Å². The fourth-order valence-electron chi connectivity index (χ4n) is 2.52. The smallest absolute Gasteiger partial charge is 0.148 e. The molecule has 5 heteroatoms. The number of aromatic nitrogens is 2. The number of aromatic hydroxyl groups is 2. The van der Waals surface area contributed by atoms with E-state index in [1.54, 1.807) is 16.7 Å². The molecule has 21 heavy (non-hydrogen) atoms. The van der Waals surface area contributed by atoms with Gasteiger partial charge >= 0.3 is 0 Å². The average molecular weight is 286 g/mol. The number of imidazole rings is 1. The van der Waals surface area contributed by atoms with E-state index < -0.39 is 0 Å². The molecule has 0 aliphatic carbocycles. The van der Waals surface area contributed by atoms with Crippen LogP contribution >= 0.6 is 0 Å². The normalized spacial score (nSPS) is 11.4. The number of halogens is 1. The van der Waals surface area contributed by atoms with E-state index in [2.05, 4.69) is 4.98 Å². The molecule has 1 heterocycles. The van der Waals surface area contributed by atoms with Crippen LogP contribution in [0.1, 0.15) is 19.9 Å². The van der Waals surface area contributed by atoms with Gasteiger partial charge in [-0.3, -0.25) is 0 Å². The summed E-state index contributed by atoms with van der Waals surface area (Å²) in [6.07, 6.45) is 0. The van der Waals surface area contributed by atoms with Crippen molar-refractivity contribution in [1.29, 1.82) is 0 Å². The van der Waals surface area contributed by atoms with E-state index in [4.69, 9.17) is 0 Å². The molecular weight excluding hydrogens is 271 g/mol. The van der Waals surface area contributed by atoms with Crippen molar-refractivity contribution >= 4 is 11.0 Å². The zero-order chi connectivity index (χ0) is 15.1. The maximum Gasteiger partial charge on any atom is 0.148 e. The largest absolute Gasteiger partial charge is 0.507 e. The molecule has 0 radical (unpaired) electrons. The molecule has 0 unspecified atom stereocenters. The van der Waals surface area contributed by atoms with E-state index >= 15 is 0 Å². The maximum atomic E-state index is 13.5. The molecule has 4 nitrogen and oxygen atoms in total. The van der Waals surface area contributed by atoms with Crippen LogP contribution in [0.4, 0.5) is 4.39 Å². The highest BCUT2D eigenvalue weighted by Gasteiger charge is 2.20. The second-order valence-corrected chi connectivity index (χ2v) is 5.20. The predicted octanol–water partition coefficient (Wildman–Crippen LogP) is 3.83. The van der Waals surface area contributed by atoms with Gasteiger partial charge in [0.15, 0.2) is 0 Å². The van der Waals surface area contributed by atoms with Gasteiger partial charge in [-0.25, -0.2) is 9.37 Å². The second-order valence-electron chi connectivity index (χ2n) is 5.20.